The molecule has 2 rings (SSSR count). The van der Waals surface area contributed by atoms with E-state index in [1.807, 2.05) is 10.9 Å². The van der Waals surface area contributed by atoms with Crippen LogP contribution in [0.25, 0.3) is 0 Å². The third-order valence-electron chi connectivity index (χ3n) is 2.37. The van der Waals surface area contributed by atoms with Gasteiger partial charge in [-0.1, -0.05) is 18.5 Å². The monoisotopic (exact) mass is 266 g/mol. The Hall–Kier alpha value is -1.59. The molecule has 2 aromatic rings. The quantitative estimate of drug-likeness (QED) is 0.903. The van der Waals surface area contributed by atoms with Crippen LogP contribution in [0.3, 0.4) is 0 Å². The normalized spacial score (nSPS) is 10.6. The summed E-state index contributed by atoms with van der Waals surface area (Å²) < 4.78 is 7.42. The van der Waals surface area contributed by atoms with Gasteiger partial charge >= 0.3 is 0 Å². The van der Waals surface area contributed by atoms with E-state index in [2.05, 4.69) is 17.0 Å². The predicted octanol–water partition coefficient (Wildman–Crippen LogP) is 2.59. The molecule has 5 nitrogen and oxygen atoms in total. The van der Waals surface area contributed by atoms with Crippen LogP contribution >= 0.6 is 11.6 Å². The van der Waals surface area contributed by atoms with Crippen molar-refractivity contribution in [1.29, 1.82) is 0 Å². The molecule has 0 spiro atoms. The minimum atomic E-state index is 0.283. The zero-order valence-corrected chi connectivity index (χ0v) is 10.9. The minimum absolute atomic E-state index is 0.283. The van der Waals surface area contributed by atoms with Crippen molar-refractivity contribution >= 4 is 11.6 Å². The Morgan fingerprint density at radius 1 is 1.44 bits per heavy atom. The molecule has 0 atom stereocenters. The highest BCUT2D eigenvalue weighted by molar-refractivity contribution is 6.31. The second-order valence-corrected chi connectivity index (χ2v) is 4.23. The molecule has 2 heterocycles. The molecule has 0 aromatic carbocycles. The Morgan fingerprint density at radius 3 is 3.00 bits per heavy atom. The number of aryl methyl sites for hydroxylation is 1. The summed E-state index contributed by atoms with van der Waals surface area (Å²) in [7, 11) is 0. The van der Waals surface area contributed by atoms with E-state index in [0.717, 1.165) is 13.0 Å². The fourth-order valence-corrected chi connectivity index (χ4v) is 1.72. The Bertz CT molecular complexity index is 527. The fraction of sp³-hybridized carbons (Fsp3) is 0.333. The summed E-state index contributed by atoms with van der Waals surface area (Å²) in [6.45, 7) is 3.24. The number of halogens is 1. The average molecular weight is 267 g/mol. The first-order valence-corrected chi connectivity index (χ1v) is 6.16. The summed E-state index contributed by atoms with van der Waals surface area (Å²) in [5.74, 6) is 1.12. The molecule has 0 bridgehead atoms. The van der Waals surface area contributed by atoms with Crippen molar-refractivity contribution in [3.05, 3.63) is 35.2 Å². The van der Waals surface area contributed by atoms with E-state index in [4.69, 9.17) is 22.1 Å². The highest BCUT2D eigenvalue weighted by Gasteiger charge is 2.05. The number of nitrogens with two attached hydrogens (primary N) is 1. The Morgan fingerprint density at radius 2 is 2.28 bits per heavy atom. The maximum absolute atomic E-state index is 5.93. The van der Waals surface area contributed by atoms with Crippen LogP contribution in [0.1, 0.15) is 19.0 Å². The van der Waals surface area contributed by atoms with Crippen molar-refractivity contribution in [2.75, 3.05) is 0 Å². The van der Waals surface area contributed by atoms with E-state index < -0.39 is 0 Å². The standard InChI is InChI=1S/C12H15ClN4O/c1-2-5-17-8-9(7-15-17)18-12-4-3-10(13)11(6-14)16-12/h3-4,7-8H,2,5-6,14H2,1H3. The lowest BCUT2D eigenvalue weighted by Gasteiger charge is -2.05. The van der Waals surface area contributed by atoms with Crippen molar-refractivity contribution in [2.45, 2.75) is 26.4 Å². The van der Waals surface area contributed by atoms with Gasteiger partial charge in [-0.15, -0.1) is 0 Å². The Kier molecular flexibility index (Phi) is 4.17. The van der Waals surface area contributed by atoms with Crippen LogP contribution in [0, 0.1) is 0 Å². The number of rotatable bonds is 5. The lowest BCUT2D eigenvalue weighted by molar-refractivity contribution is 0.459. The molecule has 0 aliphatic carbocycles. The summed E-state index contributed by atoms with van der Waals surface area (Å²) in [6, 6.07) is 3.43. The van der Waals surface area contributed by atoms with Gasteiger partial charge in [0.1, 0.15) is 0 Å². The molecular formula is C12H15ClN4O. The van der Waals surface area contributed by atoms with Crippen molar-refractivity contribution < 1.29 is 4.74 Å². The zero-order valence-electron chi connectivity index (χ0n) is 10.1. The van der Waals surface area contributed by atoms with Gasteiger partial charge in [0.25, 0.3) is 0 Å². The van der Waals surface area contributed by atoms with Gasteiger partial charge < -0.3 is 10.5 Å². The van der Waals surface area contributed by atoms with Gasteiger partial charge in [0.15, 0.2) is 5.75 Å². The summed E-state index contributed by atoms with van der Waals surface area (Å²) >= 11 is 5.93. The minimum Gasteiger partial charge on any atom is -0.436 e. The second kappa shape index (κ2) is 5.84. The third-order valence-corrected chi connectivity index (χ3v) is 2.72. The molecule has 2 aromatic heterocycles. The van der Waals surface area contributed by atoms with Crippen LogP contribution < -0.4 is 10.5 Å². The van der Waals surface area contributed by atoms with Crippen LogP contribution in [0.2, 0.25) is 5.02 Å². The van der Waals surface area contributed by atoms with Gasteiger partial charge in [0.2, 0.25) is 5.88 Å². The van der Waals surface area contributed by atoms with Gasteiger partial charge in [-0.2, -0.15) is 5.10 Å². The Labute approximate surface area is 111 Å². The summed E-state index contributed by atoms with van der Waals surface area (Å²) in [4.78, 5) is 4.23. The summed E-state index contributed by atoms with van der Waals surface area (Å²) in [6.07, 6.45) is 4.52. The lowest BCUT2D eigenvalue weighted by atomic mass is 10.3. The van der Waals surface area contributed by atoms with E-state index >= 15 is 0 Å². The summed E-state index contributed by atoms with van der Waals surface area (Å²) in [5.41, 5.74) is 6.16. The molecule has 18 heavy (non-hydrogen) atoms. The first kappa shape index (κ1) is 12.9. The van der Waals surface area contributed by atoms with Crippen molar-refractivity contribution in [3.63, 3.8) is 0 Å². The third kappa shape index (κ3) is 3.00. The number of ether oxygens (including phenoxy) is 1. The average Bonchev–Trinajstić information content (AvgIpc) is 2.80. The van der Waals surface area contributed by atoms with E-state index in [-0.39, 0.29) is 6.54 Å². The Balaban J connectivity index is 2.12. The van der Waals surface area contributed by atoms with Gasteiger partial charge in [-0.3, -0.25) is 4.68 Å². The smallest absolute Gasteiger partial charge is 0.219 e. The molecule has 96 valence electrons. The molecule has 6 heteroatoms. The van der Waals surface area contributed by atoms with Crippen molar-refractivity contribution in [3.8, 4) is 11.6 Å². The maximum atomic E-state index is 5.93. The van der Waals surface area contributed by atoms with Crippen molar-refractivity contribution in [2.24, 2.45) is 5.73 Å². The van der Waals surface area contributed by atoms with Gasteiger partial charge in [-0.05, 0) is 12.5 Å². The van der Waals surface area contributed by atoms with Crippen LogP contribution in [0.4, 0.5) is 0 Å². The molecule has 0 unspecified atom stereocenters. The first-order chi connectivity index (χ1) is 8.72. The molecule has 2 N–H and O–H groups in total. The fourth-order valence-electron chi connectivity index (χ4n) is 1.53. The molecule has 0 aliphatic heterocycles. The van der Waals surface area contributed by atoms with E-state index in [9.17, 15) is 0 Å². The van der Waals surface area contributed by atoms with Crippen LogP contribution in [0.15, 0.2) is 24.5 Å². The highest BCUT2D eigenvalue weighted by Crippen LogP contribution is 2.22. The number of hydrogen-bond acceptors (Lipinski definition) is 4. The molecule has 0 amide bonds. The first-order valence-electron chi connectivity index (χ1n) is 5.78. The van der Waals surface area contributed by atoms with Crippen molar-refractivity contribution in [1.82, 2.24) is 14.8 Å². The lowest BCUT2D eigenvalue weighted by Crippen LogP contribution is -2.01. The second-order valence-electron chi connectivity index (χ2n) is 3.82. The maximum Gasteiger partial charge on any atom is 0.219 e. The topological polar surface area (TPSA) is 66.0 Å². The van der Waals surface area contributed by atoms with Crippen LogP contribution in [-0.2, 0) is 13.1 Å². The van der Waals surface area contributed by atoms with E-state index in [1.54, 1.807) is 18.3 Å². The predicted molar refractivity (Wildman–Crippen MR) is 69.7 cm³/mol. The molecular weight excluding hydrogens is 252 g/mol. The van der Waals surface area contributed by atoms with E-state index in [1.165, 1.54) is 0 Å². The SMILES string of the molecule is CCCn1cc(Oc2ccc(Cl)c(CN)n2)cn1. The number of pyridine rings is 1. The number of nitrogens with zero attached hydrogens (tertiary/aromatic N) is 3. The molecule has 0 radical (unpaired) electrons. The van der Waals surface area contributed by atoms with Gasteiger partial charge in [0, 0.05) is 19.2 Å². The number of hydrogen-bond donors (Lipinski definition) is 1. The molecule has 0 fully saturated rings. The largest absolute Gasteiger partial charge is 0.436 e. The highest BCUT2D eigenvalue weighted by atomic mass is 35.5. The molecule has 0 aliphatic rings. The number of aromatic nitrogens is 3. The van der Waals surface area contributed by atoms with Gasteiger partial charge in [-0.25, -0.2) is 4.98 Å². The van der Waals surface area contributed by atoms with Crippen LogP contribution in [-0.4, -0.2) is 14.8 Å². The summed E-state index contributed by atoms with van der Waals surface area (Å²) in [5, 5.41) is 4.72. The van der Waals surface area contributed by atoms with Gasteiger partial charge in [0.05, 0.1) is 23.1 Å². The molecule has 0 saturated heterocycles. The van der Waals surface area contributed by atoms with Crippen LogP contribution in [0.5, 0.6) is 11.6 Å². The van der Waals surface area contributed by atoms with E-state index in [0.29, 0.717) is 22.3 Å². The molecule has 0 saturated carbocycles. The zero-order chi connectivity index (χ0) is 13.0.